The summed E-state index contributed by atoms with van der Waals surface area (Å²) in [5.74, 6) is -1.65. The van der Waals surface area contributed by atoms with E-state index in [1.165, 1.54) is 17.6 Å². The molecule has 1 aliphatic heterocycles. The summed E-state index contributed by atoms with van der Waals surface area (Å²) in [6, 6.07) is 3.19. The number of hydrogen-bond acceptors (Lipinski definition) is 5. The van der Waals surface area contributed by atoms with Crippen molar-refractivity contribution in [3.63, 3.8) is 0 Å². The maximum absolute atomic E-state index is 13.1. The third kappa shape index (κ3) is 3.18. The lowest BCUT2D eigenvalue weighted by atomic mass is 9.99. The lowest BCUT2D eigenvalue weighted by molar-refractivity contribution is 0.0694. The minimum atomic E-state index is -4.02. The Morgan fingerprint density at radius 3 is 2.57 bits per heavy atom. The van der Waals surface area contributed by atoms with Gasteiger partial charge in [-0.25, -0.2) is 22.0 Å². The largest absolute Gasteiger partial charge is 0.486 e. The predicted molar refractivity (Wildman–Crippen MR) is 103 cm³/mol. The van der Waals surface area contributed by atoms with E-state index < -0.39 is 45.2 Å². The highest BCUT2D eigenvalue weighted by Gasteiger charge is 2.41. The van der Waals surface area contributed by atoms with Crippen molar-refractivity contribution in [3.8, 4) is 17.0 Å². The highest BCUT2D eigenvalue weighted by atomic mass is 35.5. The number of fused-ring (bicyclic) bond motifs is 3. The van der Waals surface area contributed by atoms with Gasteiger partial charge in [-0.2, -0.15) is 0 Å². The van der Waals surface area contributed by atoms with Gasteiger partial charge >= 0.3 is 5.97 Å². The minimum absolute atomic E-state index is 0.0952. The number of rotatable bonds is 5. The fourth-order valence-electron chi connectivity index (χ4n) is 3.66. The van der Waals surface area contributed by atoms with Gasteiger partial charge in [0, 0.05) is 17.7 Å². The molecule has 1 unspecified atom stereocenters. The van der Waals surface area contributed by atoms with Crippen LogP contribution in [0.2, 0.25) is 5.02 Å². The molecule has 0 amide bonds. The molecule has 30 heavy (non-hydrogen) atoms. The fourth-order valence-corrected chi connectivity index (χ4v) is 5.51. The molecule has 2 aliphatic rings. The number of benzene rings is 1. The number of ether oxygens (including phenoxy) is 1. The van der Waals surface area contributed by atoms with E-state index in [1.807, 2.05) is 0 Å². The minimum Gasteiger partial charge on any atom is -0.486 e. The molecule has 1 aromatic heterocycles. The van der Waals surface area contributed by atoms with E-state index in [9.17, 15) is 31.9 Å². The topological polar surface area (TPSA) is 103 Å². The molecule has 0 saturated heterocycles. The van der Waals surface area contributed by atoms with E-state index in [0.29, 0.717) is 12.8 Å². The Bertz CT molecular complexity index is 1240. The maximum Gasteiger partial charge on any atom is 0.341 e. The van der Waals surface area contributed by atoms with Gasteiger partial charge in [-0.15, -0.1) is 0 Å². The second-order valence-electron chi connectivity index (χ2n) is 7.24. The summed E-state index contributed by atoms with van der Waals surface area (Å²) in [7, 11) is -4.02. The molecule has 1 aromatic carbocycles. The van der Waals surface area contributed by atoms with Gasteiger partial charge in [-0.05, 0) is 37.5 Å². The van der Waals surface area contributed by atoms with Crippen molar-refractivity contribution in [2.45, 2.75) is 42.4 Å². The highest BCUT2D eigenvalue weighted by molar-refractivity contribution is 7.92. The van der Waals surface area contributed by atoms with Crippen molar-refractivity contribution >= 4 is 27.4 Å². The molecular weight excluding hydrogens is 444 g/mol. The van der Waals surface area contributed by atoms with Crippen LogP contribution in [-0.2, 0) is 9.84 Å². The predicted octanol–water partition coefficient (Wildman–Crippen LogP) is 3.69. The Kier molecular flexibility index (Phi) is 4.89. The van der Waals surface area contributed by atoms with Crippen LogP contribution >= 0.6 is 11.6 Å². The molecule has 11 heteroatoms. The first-order valence-corrected chi connectivity index (χ1v) is 11.0. The van der Waals surface area contributed by atoms with Gasteiger partial charge in [-0.3, -0.25) is 4.79 Å². The zero-order valence-corrected chi connectivity index (χ0v) is 17.1. The summed E-state index contributed by atoms with van der Waals surface area (Å²) in [6.07, 6.45) is -1.48. The zero-order chi connectivity index (χ0) is 22.0. The number of carbonyl (C=O) groups is 1. The van der Waals surface area contributed by atoms with Gasteiger partial charge in [0.1, 0.15) is 17.9 Å². The van der Waals surface area contributed by atoms with Gasteiger partial charge in [0.05, 0.1) is 20.9 Å². The monoisotopic (exact) mass is 459 g/mol. The summed E-state index contributed by atoms with van der Waals surface area (Å²) in [6.45, 7) is 0.429. The van der Waals surface area contributed by atoms with Crippen LogP contribution in [0, 0.1) is 0 Å². The standard InChI is InChI=1S/C19H16ClF2NO6S/c1-8-10-4-12(19(25)26)18(24)23(9-2-3-9)17(10)11-5-13(20)14(29-7-16(21)22)6-15(11)30(8,27)28/h4-6,8-9,16H,2-3,7H2,1H3,(H,25,26). The van der Waals surface area contributed by atoms with Crippen molar-refractivity contribution in [2.75, 3.05) is 6.61 Å². The molecule has 7 nitrogen and oxygen atoms in total. The average Bonchev–Trinajstić information content (AvgIpc) is 3.49. The van der Waals surface area contributed by atoms with Crippen LogP contribution in [0.25, 0.3) is 11.3 Å². The van der Waals surface area contributed by atoms with E-state index in [2.05, 4.69) is 0 Å². The Morgan fingerprint density at radius 2 is 2.00 bits per heavy atom. The number of carboxylic acid groups (broad SMARTS) is 1. The van der Waals surface area contributed by atoms with Gasteiger partial charge in [0.25, 0.3) is 12.0 Å². The highest BCUT2D eigenvalue weighted by Crippen LogP contribution is 2.49. The summed E-state index contributed by atoms with van der Waals surface area (Å²) in [4.78, 5) is 24.2. The molecule has 4 rings (SSSR count). The molecule has 1 N–H and O–H groups in total. The van der Waals surface area contributed by atoms with Crippen molar-refractivity contribution in [1.29, 1.82) is 0 Å². The smallest absolute Gasteiger partial charge is 0.341 e. The average molecular weight is 460 g/mol. The number of carboxylic acids is 1. The number of nitrogens with zero attached hydrogens (tertiary/aromatic N) is 1. The Balaban J connectivity index is 2.04. The molecule has 160 valence electrons. The number of sulfone groups is 1. The second-order valence-corrected chi connectivity index (χ2v) is 9.89. The van der Waals surface area contributed by atoms with Gasteiger partial charge in [-0.1, -0.05) is 11.6 Å². The summed E-state index contributed by atoms with van der Waals surface area (Å²) in [5, 5.41) is 8.17. The summed E-state index contributed by atoms with van der Waals surface area (Å²) < 4.78 is 57.6. The normalized spacial score (nSPS) is 19.3. The van der Waals surface area contributed by atoms with E-state index in [1.54, 1.807) is 0 Å². The Morgan fingerprint density at radius 1 is 1.33 bits per heavy atom. The molecule has 0 spiro atoms. The number of aromatic carboxylic acids is 1. The van der Waals surface area contributed by atoms with Crippen molar-refractivity contribution in [2.24, 2.45) is 0 Å². The van der Waals surface area contributed by atoms with E-state index >= 15 is 0 Å². The van der Waals surface area contributed by atoms with E-state index in [-0.39, 0.29) is 38.5 Å². The van der Waals surface area contributed by atoms with Crippen LogP contribution < -0.4 is 10.3 Å². The molecule has 1 aliphatic carbocycles. The maximum atomic E-state index is 13.1. The lowest BCUT2D eigenvalue weighted by Gasteiger charge is -2.29. The van der Waals surface area contributed by atoms with Crippen molar-refractivity contribution in [1.82, 2.24) is 4.57 Å². The van der Waals surface area contributed by atoms with Gasteiger partial charge in [0.2, 0.25) is 0 Å². The van der Waals surface area contributed by atoms with Crippen LogP contribution in [0.5, 0.6) is 5.75 Å². The molecule has 1 atom stereocenters. The van der Waals surface area contributed by atoms with Crippen LogP contribution in [-0.4, -0.2) is 37.1 Å². The number of aromatic nitrogens is 1. The number of alkyl halides is 2. The fraction of sp³-hybridized carbons (Fsp3) is 0.368. The van der Waals surface area contributed by atoms with Crippen LogP contribution in [0.3, 0.4) is 0 Å². The van der Waals surface area contributed by atoms with Crippen LogP contribution in [0.15, 0.2) is 27.9 Å². The summed E-state index contributed by atoms with van der Waals surface area (Å²) >= 11 is 6.16. The van der Waals surface area contributed by atoms with Crippen LogP contribution in [0.4, 0.5) is 8.78 Å². The van der Waals surface area contributed by atoms with Gasteiger partial charge < -0.3 is 14.4 Å². The zero-order valence-electron chi connectivity index (χ0n) is 15.6. The molecule has 0 radical (unpaired) electrons. The Labute approximate surface area is 174 Å². The van der Waals surface area contributed by atoms with E-state index in [0.717, 1.165) is 12.1 Å². The Hall–Kier alpha value is -2.46. The molecular formula is C19H16ClF2NO6S. The first kappa shape index (κ1) is 20.8. The quantitative estimate of drug-likeness (QED) is 0.731. The SMILES string of the molecule is CC1c2cc(C(=O)O)c(=O)n(C3CC3)c2-c2cc(Cl)c(OCC(F)F)cc2S1(=O)=O. The van der Waals surface area contributed by atoms with Crippen molar-refractivity contribution in [3.05, 3.63) is 44.7 Å². The number of pyridine rings is 1. The van der Waals surface area contributed by atoms with Crippen LogP contribution in [0.1, 0.15) is 47.0 Å². The first-order valence-electron chi connectivity index (χ1n) is 9.05. The van der Waals surface area contributed by atoms with E-state index in [4.69, 9.17) is 16.3 Å². The third-order valence-electron chi connectivity index (χ3n) is 5.27. The molecule has 0 bridgehead atoms. The molecule has 2 heterocycles. The second kappa shape index (κ2) is 7.05. The molecule has 1 fully saturated rings. The summed E-state index contributed by atoms with van der Waals surface area (Å²) in [5.41, 5.74) is -0.640. The lowest BCUT2D eigenvalue weighted by Crippen LogP contribution is -2.31. The first-order chi connectivity index (χ1) is 14.0. The van der Waals surface area contributed by atoms with Gasteiger partial charge in [0.15, 0.2) is 9.84 Å². The number of hydrogen-bond donors (Lipinski definition) is 1. The molecule has 1 saturated carbocycles. The molecule has 2 aromatic rings. The van der Waals surface area contributed by atoms with Crippen molar-refractivity contribution < 1.29 is 31.8 Å². The third-order valence-corrected chi connectivity index (χ3v) is 7.70. The number of halogens is 3.